The van der Waals surface area contributed by atoms with Crippen molar-refractivity contribution in [1.29, 1.82) is 0 Å². The van der Waals surface area contributed by atoms with E-state index in [1.807, 2.05) is 0 Å². The van der Waals surface area contributed by atoms with Crippen LogP contribution in [0.25, 0.3) is 0 Å². The first-order valence-electron chi connectivity index (χ1n) is 1.98. The third-order valence-corrected chi connectivity index (χ3v) is 0.524. The van der Waals surface area contributed by atoms with E-state index in [9.17, 15) is 0 Å². The van der Waals surface area contributed by atoms with Crippen LogP contribution in [-0.2, 0) is 0 Å². The molecule has 0 atom stereocenters. The van der Waals surface area contributed by atoms with Gasteiger partial charge in [-0.25, -0.2) is 0 Å². The Morgan fingerprint density at radius 1 is 1.86 bits per heavy atom. The van der Waals surface area contributed by atoms with Crippen LogP contribution in [-0.4, -0.2) is 19.4 Å². The maximum atomic E-state index is 5.15. The van der Waals surface area contributed by atoms with Crippen molar-refractivity contribution in [2.75, 3.05) is 13.6 Å². The number of nitrogens with zero attached hydrogens (tertiary/aromatic N) is 1. The van der Waals surface area contributed by atoms with Crippen molar-refractivity contribution in [3.63, 3.8) is 0 Å². The van der Waals surface area contributed by atoms with E-state index < -0.39 is 0 Å². The molecule has 0 spiro atoms. The van der Waals surface area contributed by atoms with Gasteiger partial charge >= 0.3 is 0 Å². The standard InChI is InChI=1S/C3H10N4/c1-6-2-3(4)7-5/h6H,2,5H2,1H3,(H2,4,7). The van der Waals surface area contributed by atoms with E-state index in [1.54, 1.807) is 7.05 Å². The number of likely N-dealkylation sites (N-methyl/N-ethyl adjacent to an activating group) is 1. The minimum Gasteiger partial charge on any atom is -0.385 e. The molecule has 0 saturated carbocycles. The van der Waals surface area contributed by atoms with Crippen LogP contribution in [0, 0.1) is 0 Å². The van der Waals surface area contributed by atoms with Gasteiger partial charge in [0.05, 0.1) is 6.54 Å². The number of hydrogen-bond acceptors (Lipinski definition) is 3. The van der Waals surface area contributed by atoms with Crippen molar-refractivity contribution in [2.45, 2.75) is 0 Å². The number of hydrogen-bond donors (Lipinski definition) is 3. The number of amidine groups is 1. The molecule has 0 saturated heterocycles. The van der Waals surface area contributed by atoms with Gasteiger partial charge in [-0.05, 0) is 7.05 Å². The lowest BCUT2D eigenvalue weighted by Crippen LogP contribution is -2.27. The van der Waals surface area contributed by atoms with Crippen molar-refractivity contribution in [3.8, 4) is 0 Å². The smallest absolute Gasteiger partial charge is 0.133 e. The van der Waals surface area contributed by atoms with Crippen LogP contribution < -0.4 is 16.9 Å². The molecule has 4 heteroatoms. The summed E-state index contributed by atoms with van der Waals surface area (Å²) < 4.78 is 0. The van der Waals surface area contributed by atoms with E-state index >= 15 is 0 Å². The highest BCUT2D eigenvalue weighted by molar-refractivity contribution is 5.81. The van der Waals surface area contributed by atoms with Gasteiger partial charge in [0.15, 0.2) is 0 Å². The molecule has 0 unspecified atom stereocenters. The predicted octanol–water partition coefficient (Wildman–Crippen LogP) is -1.56. The second kappa shape index (κ2) is 3.42. The molecule has 0 aromatic rings. The first-order valence-corrected chi connectivity index (χ1v) is 1.98. The Kier molecular flexibility index (Phi) is 3.04. The van der Waals surface area contributed by atoms with E-state index in [4.69, 9.17) is 11.6 Å². The fourth-order valence-corrected chi connectivity index (χ4v) is 0.227. The highest BCUT2D eigenvalue weighted by Crippen LogP contribution is 1.53. The Morgan fingerprint density at radius 2 is 2.43 bits per heavy atom. The molecule has 0 aliphatic carbocycles. The predicted molar refractivity (Wildman–Crippen MR) is 29.7 cm³/mol. The molecule has 0 bridgehead atoms. The summed E-state index contributed by atoms with van der Waals surface area (Å²) in [6.07, 6.45) is 0. The molecule has 0 fully saturated rings. The molecule has 0 rings (SSSR count). The van der Waals surface area contributed by atoms with E-state index in [2.05, 4.69) is 10.4 Å². The third-order valence-electron chi connectivity index (χ3n) is 0.524. The third kappa shape index (κ3) is 3.05. The Balaban J connectivity index is 3.17. The Morgan fingerprint density at radius 3 is 2.57 bits per heavy atom. The lowest BCUT2D eigenvalue weighted by Gasteiger charge is -1.92. The summed E-state index contributed by atoms with van der Waals surface area (Å²) in [5.74, 6) is 5.20. The summed E-state index contributed by atoms with van der Waals surface area (Å²) in [6, 6.07) is 0. The topological polar surface area (TPSA) is 76.4 Å². The molecule has 0 radical (unpaired) electrons. The van der Waals surface area contributed by atoms with Crippen LogP contribution in [0.15, 0.2) is 5.10 Å². The molecular formula is C3H10N4. The van der Waals surface area contributed by atoms with Gasteiger partial charge < -0.3 is 16.9 Å². The van der Waals surface area contributed by atoms with Crippen LogP contribution in [0.3, 0.4) is 0 Å². The molecule has 0 aromatic carbocycles. The molecule has 0 aliphatic heterocycles. The van der Waals surface area contributed by atoms with Gasteiger partial charge in [0.25, 0.3) is 0 Å². The van der Waals surface area contributed by atoms with Crippen LogP contribution in [0.5, 0.6) is 0 Å². The highest BCUT2D eigenvalue weighted by Gasteiger charge is 1.81. The molecule has 5 N–H and O–H groups in total. The van der Waals surface area contributed by atoms with Crippen LogP contribution in [0.4, 0.5) is 0 Å². The van der Waals surface area contributed by atoms with Gasteiger partial charge in [-0.15, -0.1) is 0 Å². The summed E-state index contributed by atoms with van der Waals surface area (Å²) in [5, 5.41) is 5.99. The SMILES string of the molecule is CNC/C(N)=N/N. The first-order chi connectivity index (χ1) is 3.31. The van der Waals surface area contributed by atoms with E-state index in [-0.39, 0.29) is 0 Å². The summed E-state index contributed by atoms with van der Waals surface area (Å²) in [5.41, 5.74) is 5.15. The van der Waals surface area contributed by atoms with Gasteiger partial charge in [-0.2, -0.15) is 5.10 Å². The lowest BCUT2D eigenvalue weighted by molar-refractivity contribution is 0.932. The van der Waals surface area contributed by atoms with Crippen molar-refractivity contribution < 1.29 is 0 Å². The maximum Gasteiger partial charge on any atom is 0.133 e. The summed E-state index contributed by atoms with van der Waals surface area (Å²) in [7, 11) is 1.78. The van der Waals surface area contributed by atoms with Gasteiger partial charge in [-0.3, -0.25) is 0 Å². The van der Waals surface area contributed by atoms with Crippen molar-refractivity contribution in [2.24, 2.45) is 16.7 Å². The Bertz CT molecular complexity index is 67.3. The Labute approximate surface area is 42.6 Å². The zero-order valence-electron chi connectivity index (χ0n) is 4.31. The van der Waals surface area contributed by atoms with E-state index in [0.717, 1.165) is 0 Å². The average Bonchev–Trinajstić information content (AvgIpc) is 1.68. The number of nitrogens with one attached hydrogen (secondary N) is 1. The minimum atomic E-state index is 0.419. The molecule has 4 nitrogen and oxygen atoms in total. The fourth-order valence-electron chi connectivity index (χ4n) is 0.227. The molecular weight excluding hydrogens is 92.1 g/mol. The number of hydrazone groups is 1. The zero-order chi connectivity index (χ0) is 5.70. The second-order valence-electron chi connectivity index (χ2n) is 1.15. The molecule has 0 amide bonds. The van der Waals surface area contributed by atoms with Gasteiger partial charge in [0, 0.05) is 0 Å². The molecule has 42 valence electrons. The monoisotopic (exact) mass is 102 g/mol. The van der Waals surface area contributed by atoms with E-state index in [0.29, 0.717) is 12.4 Å². The highest BCUT2D eigenvalue weighted by atomic mass is 15.2. The fraction of sp³-hybridized carbons (Fsp3) is 0.667. The van der Waals surface area contributed by atoms with Crippen molar-refractivity contribution in [1.82, 2.24) is 5.32 Å². The van der Waals surface area contributed by atoms with Gasteiger partial charge in [0.1, 0.15) is 5.84 Å². The summed E-state index contributed by atoms with van der Waals surface area (Å²) >= 11 is 0. The van der Waals surface area contributed by atoms with Gasteiger partial charge in [0.2, 0.25) is 0 Å². The summed E-state index contributed by atoms with van der Waals surface area (Å²) in [6.45, 7) is 0.552. The Hall–Kier alpha value is -0.770. The zero-order valence-corrected chi connectivity index (χ0v) is 4.31. The van der Waals surface area contributed by atoms with Crippen LogP contribution in [0.1, 0.15) is 0 Å². The summed E-state index contributed by atoms with van der Waals surface area (Å²) in [4.78, 5) is 0. The number of rotatable bonds is 2. The van der Waals surface area contributed by atoms with Gasteiger partial charge in [-0.1, -0.05) is 0 Å². The first kappa shape index (κ1) is 6.23. The largest absolute Gasteiger partial charge is 0.385 e. The molecule has 0 aromatic heterocycles. The quantitative estimate of drug-likeness (QED) is 0.171. The van der Waals surface area contributed by atoms with Crippen LogP contribution >= 0.6 is 0 Å². The van der Waals surface area contributed by atoms with Crippen molar-refractivity contribution >= 4 is 5.84 Å². The lowest BCUT2D eigenvalue weighted by atomic mass is 10.6. The molecule has 0 aliphatic rings. The van der Waals surface area contributed by atoms with Crippen molar-refractivity contribution in [3.05, 3.63) is 0 Å². The minimum absolute atomic E-state index is 0.419. The number of nitrogens with two attached hydrogens (primary N) is 2. The van der Waals surface area contributed by atoms with Crippen LogP contribution in [0.2, 0.25) is 0 Å². The maximum absolute atomic E-state index is 5.15. The molecule has 0 heterocycles. The normalized spacial score (nSPS) is 11.9. The second-order valence-corrected chi connectivity index (χ2v) is 1.15. The van der Waals surface area contributed by atoms with E-state index in [1.165, 1.54) is 0 Å². The average molecular weight is 102 g/mol. The molecule has 7 heavy (non-hydrogen) atoms.